The van der Waals surface area contributed by atoms with Crippen LogP contribution in [0.2, 0.25) is 0 Å². The number of carbonyl (C=O) groups is 1. The van der Waals surface area contributed by atoms with E-state index >= 15 is 0 Å². The zero-order valence-corrected chi connectivity index (χ0v) is 12.8. The van der Waals surface area contributed by atoms with Crippen molar-refractivity contribution >= 4 is 33.1 Å². The van der Waals surface area contributed by atoms with Crippen LogP contribution in [0.25, 0.3) is 4.96 Å². The number of thiazole rings is 1. The van der Waals surface area contributed by atoms with Crippen molar-refractivity contribution in [3.05, 3.63) is 23.5 Å². The second-order valence-corrected chi connectivity index (χ2v) is 7.64. The third kappa shape index (κ3) is 2.93. The average Bonchev–Trinajstić information content (AvgIpc) is 2.82. The second-order valence-electron chi connectivity index (χ2n) is 5.31. The van der Waals surface area contributed by atoms with Crippen molar-refractivity contribution in [3.8, 4) is 0 Å². The number of hydrogen-bond donors (Lipinski definition) is 0. The summed E-state index contributed by atoms with van der Waals surface area (Å²) in [4.78, 5) is 16.7. The van der Waals surface area contributed by atoms with E-state index in [1.165, 1.54) is 7.11 Å². The van der Waals surface area contributed by atoms with Gasteiger partial charge < -0.3 is 4.74 Å². The number of methoxy groups -OCH3 is 1. The van der Waals surface area contributed by atoms with E-state index in [1.54, 1.807) is 11.3 Å². The van der Waals surface area contributed by atoms with Gasteiger partial charge in [0.15, 0.2) is 4.96 Å². The first kappa shape index (κ1) is 13.8. The number of esters is 1. The predicted molar refractivity (Wildman–Crippen MR) is 78.1 cm³/mol. The van der Waals surface area contributed by atoms with Crippen molar-refractivity contribution in [1.29, 1.82) is 0 Å². The van der Waals surface area contributed by atoms with Crippen LogP contribution >= 0.6 is 11.3 Å². The molecule has 1 unspecified atom stereocenters. The van der Waals surface area contributed by atoms with E-state index in [2.05, 4.69) is 4.98 Å². The Morgan fingerprint density at radius 2 is 2.40 bits per heavy atom. The zero-order valence-electron chi connectivity index (χ0n) is 11.2. The van der Waals surface area contributed by atoms with Gasteiger partial charge in [0.05, 0.1) is 25.0 Å². The molecule has 0 aromatic carbocycles. The summed E-state index contributed by atoms with van der Waals surface area (Å²) < 4.78 is 18.9. The molecule has 2 aromatic heterocycles. The first-order chi connectivity index (χ1) is 9.60. The predicted octanol–water partition coefficient (Wildman–Crippen LogP) is 1.99. The molecule has 20 heavy (non-hydrogen) atoms. The van der Waals surface area contributed by atoms with Crippen molar-refractivity contribution in [1.82, 2.24) is 9.38 Å². The summed E-state index contributed by atoms with van der Waals surface area (Å²) >= 11 is 1.56. The van der Waals surface area contributed by atoms with Gasteiger partial charge in [0, 0.05) is 34.3 Å². The maximum absolute atomic E-state index is 12.2. The number of imidazole rings is 1. The first-order valence-corrected chi connectivity index (χ1v) is 8.80. The van der Waals surface area contributed by atoms with Gasteiger partial charge >= 0.3 is 5.97 Å². The highest BCUT2D eigenvalue weighted by atomic mass is 32.2. The minimum atomic E-state index is -0.986. The highest BCUT2D eigenvalue weighted by Crippen LogP contribution is 2.49. The van der Waals surface area contributed by atoms with Crippen LogP contribution in [0.5, 0.6) is 0 Å². The van der Waals surface area contributed by atoms with Crippen molar-refractivity contribution < 1.29 is 13.7 Å². The number of fused-ring (bicyclic) bond motifs is 1. The molecule has 2 aromatic rings. The van der Waals surface area contributed by atoms with Gasteiger partial charge in [0.2, 0.25) is 0 Å². The molecular formula is C13H16N2O3S2. The summed E-state index contributed by atoms with van der Waals surface area (Å²) in [6, 6.07) is 0. The molecule has 5 nitrogen and oxygen atoms in total. The van der Waals surface area contributed by atoms with Crippen LogP contribution in [0.1, 0.15) is 25.0 Å². The lowest BCUT2D eigenvalue weighted by Gasteiger charge is -2.12. The van der Waals surface area contributed by atoms with Gasteiger partial charge in [-0.2, -0.15) is 0 Å². The van der Waals surface area contributed by atoms with Crippen LogP contribution < -0.4 is 0 Å². The Bertz CT molecular complexity index is 629. The molecule has 0 saturated heterocycles. The fourth-order valence-electron chi connectivity index (χ4n) is 2.33. The van der Waals surface area contributed by atoms with Crippen LogP contribution in [-0.4, -0.2) is 32.4 Å². The lowest BCUT2D eigenvalue weighted by molar-refractivity contribution is -0.141. The summed E-state index contributed by atoms with van der Waals surface area (Å²) in [5.41, 5.74) is 0.763. The number of carbonyl (C=O) groups excluding carboxylic acids is 1. The summed E-state index contributed by atoms with van der Waals surface area (Å²) in [7, 11) is 0.410. The molecule has 1 atom stereocenters. The fraction of sp³-hybridized carbons (Fsp3) is 0.538. The Hall–Kier alpha value is -1.21. The van der Waals surface area contributed by atoms with E-state index in [0.717, 1.165) is 23.5 Å². The SMILES string of the molecule is COC(=O)CC1(CS(=O)Cc2cn3ccsc3n2)CC1. The topological polar surface area (TPSA) is 60.7 Å². The molecule has 0 aliphatic heterocycles. The largest absolute Gasteiger partial charge is 0.469 e. The van der Waals surface area contributed by atoms with Crippen LogP contribution in [0.4, 0.5) is 0 Å². The van der Waals surface area contributed by atoms with Gasteiger partial charge in [-0.25, -0.2) is 4.98 Å². The molecule has 3 rings (SSSR count). The van der Waals surface area contributed by atoms with Crippen molar-refractivity contribution in [2.75, 3.05) is 12.9 Å². The molecule has 0 spiro atoms. The van der Waals surface area contributed by atoms with E-state index in [-0.39, 0.29) is 11.4 Å². The Balaban J connectivity index is 1.59. The van der Waals surface area contributed by atoms with Gasteiger partial charge in [0.25, 0.3) is 0 Å². The third-order valence-corrected chi connectivity index (χ3v) is 5.95. The van der Waals surface area contributed by atoms with E-state index in [9.17, 15) is 9.00 Å². The number of rotatable bonds is 6. The van der Waals surface area contributed by atoms with Crippen molar-refractivity contribution in [3.63, 3.8) is 0 Å². The van der Waals surface area contributed by atoms with Crippen LogP contribution in [0, 0.1) is 5.41 Å². The summed E-state index contributed by atoms with van der Waals surface area (Å²) in [5.74, 6) is 0.812. The normalized spacial score (nSPS) is 18.1. The Morgan fingerprint density at radius 3 is 3.05 bits per heavy atom. The molecule has 0 radical (unpaired) electrons. The van der Waals surface area contributed by atoms with E-state index in [0.29, 0.717) is 17.9 Å². The lowest BCUT2D eigenvalue weighted by atomic mass is 10.1. The lowest BCUT2D eigenvalue weighted by Crippen LogP contribution is -2.18. The molecule has 108 valence electrons. The Kier molecular flexibility index (Phi) is 3.64. The Morgan fingerprint density at radius 1 is 1.60 bits per heavy atom. The summed E-state index contributed by atoms with van der Waals surface area (Å²) in [6.07, 6.45) is 6.18. The van der Waals surface area contributed by atoms with E-state index in [4.69, 9.17) is 4.74 Å². The van der Waals surface area contributed by atoms with Crippen LogP contribution in [0.15, 0.2) is 17.8 Å². The molecule has 1 aliphatic carbocycles. The molecule has 7 heteroatoms. The van der Waals surface area contributed by atoms with Crippen molar-refractivity contribution in [2.24, 2.45) is 5.41 Å². The number of hydrogen-bond acceptors (Lipinski definition) is 5. The number of aromatic nitrogens is 2. The summed E-state index contributed by atoms with van der Waals surface area (Å²) in [6.45, 7) is 0. The fourth-order valence-corrected chi connectivity index (χ4v) is 4.69. The third-order valence-electron chi connectivity index (χ3n) is 3.62. The van der Waals surface area contributed by atoms with Crippen LogP contribution in [0.3, 0.4) is 0 Å². The highest BCUT2D eigenvalue weighted by Gasteiger charge is 2.45. The summed E-state index contributed by atoms with van der Waals surface area (Å²) in [5, 5.41) is 1.97. The van der Waals surface area contributed by atoms with Gasteiger partial charge in [-0.3, -0.25) is 13.4 Å². The van der Waals surface area contributed by atoms with Crippen LogP contribution in [-0.2, 0) is 26.1 Å². The smallest absolute Gasteiger partial charge is 0.306 e. The number of ether oxygens (including phenoxy) is 1. The minimum absolute atomic E-state index is 0.0882. The highest BCUT2D eigenvalue weighted by molar-refractivity contribution is 7.84. The van der Waals surface area contributed by atoms with Gasteiger partial charge in [-0.1, -0.05) is 0 Å². The van der Waals surface area contributed by atoms with Gasteiger partial charge in [-0.05, 0) is 18.3 Å². The van der Waals surface area contributed by atoms with E-state index in [1.807, 2.05) is 22.2 Å². The maximum Gasteiger partial charge on any atom is 0.306 e. The number of nitrogens with zero attached hydrogens (tertiary/aromatic N) is 2. The second kappa shape index (κ2) is 5.29. The quantitative estimate of drug-likeness (QED) is 0.765. The maximum atomic E-state index is 12.2. The van der Waals surface area contributed by atoms with Gasteiger partial charge in [0.1, 0.15) is 0 Å². The van der Waals surface area contributed by atoms with Crippen molar-refractivity contribution in [2.45, 2.75) is 25.0 Å². The molecule has 0 amide bonds. The molecule has 2 heterocycles. The minimum Gasteiger partial charge on any atom is -0.469 e. The van der Waals surface area contributed by atoms with Gasteiger partial charge in [-0.15, -0.1) is 11.3 Å². The molecule has 1 saturated carbocycles. The Labute approximate surface area is 123 Å². The standard InChI is InChI=1S/C13H16N2O3S2/c1-18-11(16)6-13(2-3-13)9-20(17)8-10-7-15-4-5-19-12(15)14-10/h4-5,7H,2-3,6,8-9H2,1H3. The molecule has 0 N–H and O–H groups in total. The molecule has 0 bridgehead atoms. The zero-order chi connectivity index (χ0) is 14.2. The molecule has 1 aliphatic rings. The molecule has 1 fully saturated rings. The monoisotopic (exact) mass is 312 g/mol. The first-order valence-electron chi connectivity index (χ1n) is 6.43. The average molecular weight is 312 g/mol. The molecular weight excluding hydrogens is 296 g/mol. The van der Waals surface area contributed by atoms with E-state index < -0.39 is 10.8 Å².